The summed E-state index contributed by atoms with van der Waals surface area (Å²) in [5.74, 6) is 2.72. The molecule has 1 fully saturated rings. The first-order valence-corrected chi connectivity index (χ1v) is 9.83. The van der Waals surface area contributed by atoms with Crippen molar-refractivity contribution in [3.05, 3.63) is 35.4 Å². The molecule has 1 aromatic rings. The predicted octanol–water partition coefficient (Wildman–Crippen LogP) is 7.13. The summed E-state index contributed by atoms with van der Waals surface area (Å²) in [7, 11) is 0. The van der Waals surface area contributed by atoms with Crippen LogP contribution in [0.25, 0.3) is 0 Å². The highest BCUT2D eigenvalue weighted by molar-refractivity contribution is 5.26. The lowest BCUT2D eigenvalue weighted by atomic mass is 9.71. The van der Waals surface area contributed by atoms with Crippen LogP contribution in [0.4, 0.5) is 0 Å². The van der Waals surface area contributed by atoms with Crippen molar-refractivity contribution in [3.8, 4) is 0 Å². The molecule has 124 valence electrons. The van der Waals surface area contributed by atoms with Gasteiger partial charge in [-0.05, 0) is 61.0 Å². The van der Waals surface area contributed by atoms with E-state index in [2.05, 4.69) is 45.0 Å². The summed E-state index contributed by atoms with van der Waals surface area (Å²) in [4.78, 5) is 0. The van der Waals surface area contributed by atoms with Crippen molar-refractivity contribution in [1.82, 2.24) is 0 Å². The molecule has 1 aliphatic rings. The van der Waals surface area contributed by atoms with Crippen molar-refractivity contribution >= 4 is 0 Å². The molecule has 3 atom stereocenters. The molecule has 0 spiro atoms. The highest BCUT2D eigenvalue weighted by Gasteiger charge is 2.27. The van der Waals surface area contributed by atoms with Gasteiger partial charge in [0.25, 0.3) is 0 Å². The summed E-state index contributed by atoms with van der Waals surface area (Å²) in [5, 5.41) is 0. The Morgan fingerprint density at radius 2 is 1.64 bits per heavy atom. The Morgan fingerprint density at radius 3 is 2.27 bits per heavy atom. The lowest BCUT2D eigenvalue weighted by Crippen LogP contribution is -2.21. The molecule has 3 unspecified atom stereocenters. The molecule has 1 saturated carbocycles. The molecule has 0 amide bonds. The zero-order chi connectivity index (χ0) is 15.8. The standard InChI is InChI=1S/C22H36/c1-4-6-8-9-19-11-13-21(14-12-19)22-16-15-20(10-7-5-2)18(3)17-22/h11-14,18,20,22H,4-10,15-17H2,1-3H3. The summed E-state index contributed by atoms with van der Waals surface area (Å²) in [6, 6.07) is 9.62. The monoisotopic (exact) mass is 300 g/mol. The van der Waals surface area contributed by atoms with Crippen LogP contribution in [-0.2, 0) is 6.42 Å². The normalized spacial score (nSPS) is 25.3. The van der Waals surface area contributed by atoms with E-state index >= 15 is 0 Å². The highest BCUT2D eigenvalue weighted by atomic mass is 14.3. The Morgan fingerprint density at radius 1 is 0.909 bits per heavy atom. The van der Waals surface area contributed by atoms with Crippen molar-refractivity contribution in [2.45, 2.75) is 90.9 Å². The minimum absolute atomic E-state index is 0.817. The molecule has 1 aromatic carbocycles. The van der Waals surface area contributed by atoms with E-state index in [0.717, 1.165) is 17.8 Å². The average molecular weight is 301 g/mol. The van der Waals surface area contributed by atoms with E-state index in [1.807, 2.05) is 0 Å². The zero-order valence-electron chi connectivity index (χ0n) is 15.1. The number of hydrogen-bond acceptors (Lipinski definition) is 0. The zero-order valence-corrected chi connectivity index (χ0v) is 15.1. The predicted molar refractivity (Wildman–Crippen MR) is 98.4 cm³/mol. The maximum absolute atomic E-state index is 2.49. The van der Waals surface area contributed by atoms with Gasteiger partial charge in [-0.3, -0.25) is 0 Å². The highest BCUT2D eigenvalue weighted by Crippen LogP contribution is 2.41. The Hall–Kier alpha value is -0.780. The van der Waals surface area contributed by atoms with E-state index < -0.39 is 0 Å². The topological polar surface area (TPSA) is 0 Å². The molecule has 0 N–H and O–H groups in total. The molecule has 0 aliphatic heterocycles. The van der Waals surface area contributed by atoms with Crippen LogP contribution in [0.15, 0.2) is 24.3 Å². The molecular formula is C22H36. The average Bonchev–Trinajstić information content (AvgIpc) is 2.54. The molecule has 0 nitrogen and oxygen atoms in total. The van der Waals surface area contributed by atoms with E-state index in [0.29, 0.717) is 0 Å². The van der Waals surface area contributed by atoms with Crippen molar-refractivity contribution < 1.29 is 0 Å². The van der Waals surface area contributed by atoms with Gasteiger partial charge in [-0.25, -0.2) is 0 Å². The van der Waals surface area contributed by atoms with Crippen LogP contribution in [-0.4, -0.2) is 0 Å². The van der Waals surface area contributed by atoms with Gasteiger partial charge in [0, 0.05) is 0 Å². The third-order valence-corrected chi connectivity index (χ3v) is 5.80. The second kappa shape index (κ2) is 9.38. The van der Waals surface area contributed by atoms with Crippen molar-refractivity contribution in [2.24, 2.45) is 11.8 Å². The first kappa shape index (κ1) is 17.6. The second-order valence-corrected chi connectivity index (χ2v) is 7.59. The lowest BCUT2D eigenvalue weighted by Gasteiger charge is -2.34. The van der Waals surface area contributed by atoms with Gasteiger partial charge < -0.3 is 0 Å². The molecule has 0 aromatic heterocycles. The van der Waals surface area contributed by atoms with E-state index in [4.69, 9.17) is 0 Å². The molecule has 0 heteroatoms. The maximum atomic E-state index is 2.49. The number of benzene rings is 1. The van der Waals surface area contributed by atoms with Gasteiger partial charge in [0.1, 0.15) is 0 Å². The molecule has 0 radical (unpaired) electrons. The summed E-state index contributed by atoms with van der Waals surface area (Å²) in [6.45, 7) is 7.09. The van der Waals surface area contributed by atoms with Crippen LogP contribution in [0.3, 0.4) is 0 Å². The second-order valence-electron chi connectivity index (χ2n) is 7.59. The van der Waals surface area contributed by atoms with Crippen molar-refractivity contribution in [1.29, 1.82) is 0 Å². The fourth-order valence-electron chi connectivity index (χ4n) is 4.19. The Labute approximate surface area is 138 Å². The molecule has 0 bridgehead atoms. The molecule has 22 heavy (non-hydrogen) atoms. The smallest absolute Gasteiger partial charge is 0.0159 e. The van der Waals surface area contributed by atoms with Gasteiger partial charge in [-0.15, -0.1) is 0 Å². The Kier molecular flexibility index (Phi) is 7.49. The SMILES string of the molecule is CCCCCc1ccc(C2CCC(CCCC)C(C)C2)cc1. The van der Waals surface area contributed by atoms with E-state index in [-0.39, 0.29) is 0 Å². The van der Waals surface area contributed by atoms with E-state index in [9.17, 15) is 0 Å². The largest absolute Gasteiger partial charge is 0.0654 e. The summed E-state index contributed by atoms with van der Waals surface area (Å²) in [6.07, 6.45) is 13.8. The van der Waals surface area contributed by atoms with Crippen LogP contribution < -0.4 is 0 Å². The summed E-state index contributed by atoms with van der Waals surface area (Å²) < 4.78 is 0. The Bertz CT molecular complexity index is 403. The lowest BCUT2D eigenvalue weighted by molar-refractivity contribution is 0.216. The Balaban J connectivity index is 1.85. The van der Waals surface area contributed by atoms with Crippen LogP contribution in [0, 0.1) is 11.8 Å². The minimum Gasteiger partial charge on any atom is -0.0654 e. The van der Waals surface area contributed by atoms with Crippen LogP contribution in [0.2, 0.25) is 0 Å². The van der Waals surface area contributed by atoms with E-state index in [1.165, 1.54) is 69.8 Å². The molecule has 1 aliphatic carbocycles. The van der Waals surface area contributed by atoms with Crippen LogP contribution in [0.1, 0.15) is 95.6 Å². The molecule has 0 saturated heterocycles. The molecule has 2 rings (SSSR count). The fraction of sp³-hybridized carbons (Fsp3) is 0.727. The quantitative estimate of drug-likeness (QED) is 0.448. The maximum Gasteiger partial charge on any atom is -0.0159 e. The third-order valence-electron chi connectivity index (χ3n) is 5.80. The fourth-order valence-corrected chi connectivity index (χ4v) is 4.19. The van der Waals surface area contributed by atoms with Crippen molar-refractivity contribution in [3.63, 3.8) is 0 Å². The van der Waals surface area contributed by atoms with Gasteiger partial charge in [-0.1, -0.05) is 77.1 Å². The summed E-state index contributed by atoms with van der Waals surface area (Å²) >= 11 is 0. The molecule has 0 heterocycles. The first-order chi connectivity index (χ1) is 10.7. The van der Waals surface area contributed by atoms with Crippen LogP contribution in [0.5, 0.6) is 0 Å². The summed E-state index contributed by atoms with van der Waals surface area (Å²) in [5.41, 5.74) is 3.13. The van der Waals surface area contributed by atoms with Gasteiger partial charge in [0.2, 0.25) is 0 Å². The van der Waals surface area contributed by atoms with Gasteiger partial charge >= 0.3 is 0 Å². The van der Waals surface area contributed by atoms with E-state index in [1.54, 1.807) is 5.56 Å². The first-order valence-electron chi connectivity index (χ1n) is 9.83. The number of unbranched alkanes of at least 4 members (excludes halogenated alkanes) is 3. The number of aryl methyl sites for hydroxylation is 1. The minimum atomic E-state index is 0.817. The third kappa shape index (κ3) is 5.14. The number of rotatable bonds is 8. The van der Waals surface area contributed by atoms with Crippen molar-refractivity contribution in [2.75, 3.05) is 0 Å². The van der Waals surface area contributed by atoms with Gasteiger partial charge in [0.05, 0.1) is 0 Å². The van der Waals surface area contributed by atoms with Gasteiger partial charge in [-0.2, -0.15) is 0 Å². The van der Waals surface area contributed by atoms with Gasteiger partial charge in [0.15, 0.2) is 0 Å². The molecular weight excluding hydrogens is 264 g/mol. The van der Waals surface area contributed by atoms with Crippen LogP contribution >= 0.6 is 0 Å². The number of hydrogen-bond donors (Lipinski definition) is 0.